The molecule has 3 rings (SSSR count). The molecule has 6 heteroatoms. The first kappa shape index (κ1) is 14.9. The minimum Gasteiger partial charge on any atom is -0.422 e. The molecule has 3 heterocycles. The van der Waals surface area contributed by atoms with Crippen molar-refractivity contribution in [1.82, 2.24) is 9.55 Å². The minimum absolute atomic E-state index is 0.000660. The molecule has 0 unspecified atom stereocenters. The number of aliphatic hydroxyl groups is 1. The minimum atomic E-state index is -0.676. The maximum atomic E-state index is 11.9. The van der Waals surface area contributed by atoms with E-state index in [2.05, 4.69) is 10.9 Å². The predicted octanol–water partition coefficient (Wildman–Crippen LogP) is 1.28. The van der Waals surface area contributed by atoms with E-state index in [1.165, 1.54) is 0 Å². The van der Waals surface area contributed by atoms with Crippen LogP contribution in [-0.4, -0.2) is 20.6 Å². The number of aromatic nitrogens is 2. The van der Waals surface area contributed by atoms with Crippen LogP contribution in [0.4, 0.5) is 0 Å². The third kappa shape index (κ3) is 2.47. The number of H-pyrrole nitrogens is 1. The van der Waals surface area contributed by atoms with Gasteiger partial charge in [-0.2, -0.15) is 0 Å². The molecule has 6 nitrogen and oxygen atoms in total. The average Bonchev–Trinajstić information content (AvgIpc) is 3.02. The second-order valence-electron chi connectivity index (χ2n) is 5.17. The van der Waals surface area contributed by atoms with Crippen molar-refractivity contribution in [3.8, 4) is 12.3 Å². The number of rotatable bonds is 3. The predicted molar refractivity (Wildman–Crippen MR) is 84.3 cm³/mol. The van der Waals surface area contributed by atoms with Gasteiger partial charge in [-0.3, -0.25) is 4.79 Å². The van der Waals surface area contributed by atoms with Crippen molar-refractivity contribution in [3.63, 3.8) is 0 Å². The first-order chi connectivity index (χ1) is 11.0. The zero-order valence-electron chi connectivity index (χ0n) is 12.4. The summed E-state index contributed by atoms with van der Waals surface area (Å²) in [6, 6.07) is 5.20. The molecule has 0 saturated heterocycles. The Hall–Kier alpha value is -3.04. The lowest BCUT2D eigenvalue weighted by Crippen LogP contribution is -2.16. The Balaban J connectivity index is 2.14. The van der Waals surface area contributed by atoms with Crippen molar-refractivity contribution in [1.29, 1.82) is 0 Å². The summed E-state index contributed by atoms with van der Waals surface area (Å²) in [6.45, 7) is 1.85. The van der Waals surface area contributed by atoms with E-state index in [0.717, 1.165) is 0 Å². The second kappa shape index (κ2) is 5.63. The number of ether oxygens (including phenoxy) is 1. The van der Waals surface area contributed by atoms with E-state index in [1.807, 2.05) is 0 Å². The summed E-state index contributed by atoms with van der Waals surface area (Å²) < 4.78 is 6.96. The van der Waals surface area contributed by atoms with Crippen molar-refractivity contribution < 1.29 is 14.6 Å². The molecule has 2 N–H and O–H groups in total. The Morgan fingerprint density at radius 3 is 2.91 bits per heavy atom. The number of aromatic amines is 1. The zero-order chi connectivity index (χ0) is 16.6. The highest BCUT2D eigenvalue weighted by atomic mass is 16.5. The monoisotopic (exact) mass is 310 g/mol. The van der Waals surface area contributed by atoms with E-state index >= 15 is 0 Å². The molecule has 0 radical (unpaired) electrons. The maximum absolute atomic E-state index is 11.9. The van der Waals surface area contributed by atoms with Crippen molar-refractivity contribution >= 4 is 17.8 Å². The van der Waals surface area contributed by atoms with E-state index in [-0.39, 0.29) is 18.7 Å². The molecule has 1 aliphatic heterocycles. The number of hydrogen-bond donors (Lipinski definition) is 2. The van der Waals surface area contributed by atoms with Gasteiger partial charge in [0, 0.05) is 28.7 Å². The molecular formula is C17H14N2O4. The molecule has 0 spiro atoms. The van der Waals surface area contributed by atoms with Crippen molar-refractivity contribution in [2.45, 2.75) is 20.1 Å². The summed E-state index contributed by atoms with van der Waals surface area (Å²) in [5.41, 5.74) is 1.95. The summed E-state index contributed by atoms with van der Waals surface area (Å²) in [6.07, 6.45) is 6.99. The van der Waals surface area contributed by atoms with Gasteiger partial charge >= 0.3 is 5.97 Å². The first-order valence-electron chi connectivity index (χ1n) is 6.96. The molecule has 0 bridgehead atoms. The van der Waals surface area contributed by atoms with Crippen LogP contribution in [0.2, 0.25) is 0 Å². The van der Waals surface area contributed by atoms with Gasteiger partial charge < -0.3 is 19.4 Å². The van der Waals surface area contributed by atoms with Crippen LogP contribution in [0.25, 0.3) is 11.8 Å². The number of fused-ring (bicyclic) bond motifs is 1. The van der Waals surface area contributed by atoms with Gasteiger partial charge in [0.15, 0.2) is 0 Å². The number of cyclic esters (lactones) is 1. The molecule has 0 saturated carbocycles. The number of hydrogen-bond acceptors (Lipinski definition) is 4. The summed E-state index contributed by atoms with van der Waals surface area (Å²) in [5.74, 6) is 2.13. The Kier molecular flexibility index (Phi) is 3.64. The SMILES string of the molecule is C#CCn1c(/C=C2\OC(=O)c3c2cc(C)[nH]c3=O)ccc1CO. The highest BCUT2D eigenvalue weighted by Crippen LogP contribution is 2.30. The largest absolute Gasteiger partial charge is 0.422 e. The first-order valence-corrected chi connectivity index (χ1v) is 6.96. The lowest BCUT2D eigenvalue weighted by atomic mass is 10.1. The van der Waals surface area contributed by atoms with Crippen molar-refractivity contribution in [3.05, 3.63) is 56.8 Å². The molecule has 2 aromatic rings. The van der Waals surface area contributed by atoms with Gasteiger partial charge in [0.1, 0.15) is 11.3 Å². The molecule has 0 amide bonds. The second-order valence-corrected chi connectivity index (χ2v) is 5.17. The number of esters is 1. The van der Waals surface area contributed by atoms with Gasteiger partial charge in [0.25, 0.3) is 5.56 Å². The summed E-state index contributed by atoms with van der Waals surface area (Å²) in [7, 11) is 0. The van der Waals surface area contributed by atoms with Crippen LogP contribution in [0.1, 0.15) is 33.0 Å². The quantitative estimate of drug-likeness (QED) is 0.661. The van der Waals surface area contributed by atoms with E-state index in [0.29, 0.717) is 28.4 Å². The standard InChI is InChI=1S/C17H14N2O4/c1-3-6-19-11(4-5-12(19)9-20)8-14-13-7-10(2)18-16(21)15(13)17(22)23-14/h1,4-5,7-8,20H,6,9H2,2H3,(H,18,21)/b14-8-. The molecule has 116 valence electrons. The maximum Gasteiger partial charge on any atom is 0.349 e. The number of nitrogens with one attached hydrogen (secondary N) is 1. The van der Waals surface area contributed by atoms with Gasteiger partial charge in [0.2, 0.25) is 0 Å². The van der Waals surface area contributed by atoms with Gasteiger partial charge in [-0.25, -0.2) is 4.79 Å². The average molecular weight is 310 g/mol. The topological polar surface area (TPSA) is 84.3 Å². The van der Waals surface area contributed by atoms with E-state index in [1.54, 1.807) is 35.8 Å². The van der Waals surface area contributed by atoms with Gasteiger partial charge in [0.05, 0.1) is 13.2 Å². The lowest BCUT2D eigenvalue weighted by Gasteiger charge is -2.07. The molecule has 0 aromatic carbocycles. The zero-order valence-corrected chi connectivity index (χ0v) is 12.4. The number of carbonyl (C=O) groups excluding carboxylic acids is 1. The van der Waals surface area contributed by atoms with Gasteiger partial charge in [-0.15, -0.1) is 6.42 Å². The number of carbonyl (C=O) groups is 1. The third-order valence-corrected chi connectivity index (χ3v) is 3.64. The van der Waals surface area contributed by atoms with E-state index in [4.69, 9.17) is 11.2 Å². The number of aliphatic hydroxyl groups excluding tert-OH is 1. The molecule has 0 atom stereocenters. The van der Waals surface area contributed by atoms with E-state index in [9.17, 15) is 14.7 Å². The molecule has 2 aromatic heterocycles. The Bertz CT molecular complexity index is 925. The fourth-order valence-corrected chi connectivity index (χ4v) is 2.61. The summed E-state index contributed by atoms with van der Waals surface area (Å²) in [5, 5.41) is 9.35. The van der Waals surface area contributed by atoms with E-state index < -0.39 is 11.5 Å². The van der Waals surface area contributed by atoms with Crippen LogP contribution in [0.15, 0.2) is 23.0 Å². The van der Waals surface area contributed by atoms with Gasteiger partial charge in [-0.05, 0) is 25.1 Å². The fraction of sp³-hybridized carbons (Fsp3) is 0.176. The Morgan fingerprint density at radius 1 is 1.43 bits per heavy atom. The third-order valence-electron chi connectivity index (χ3n) is 3.64. The fourth-order valence-electron chi connectivity index (χ4n) is 2.61. The van der Waals surface area contributed by atoms with Crippen molar-refractivity contribution in [2.24, 2.45) is 0 Å². The normalized spacial score (nSPS) is 14.7. The number of pyridine rings is 1. The van der Waals surface area contributed by atoms with Crippen LogP contribution in [0.5, 0.6) is 0 Å². The number of nitrogens with zero attached hydrogens (tertiary/aromatic N) is 1. The Morgan fingerprint density at radius 2 is 2.22 bits per heavy atom. The Labute approximate surface area is 132 Å². The van der Waals surface area contributed by atoms with Crippen molar-refractivity contribution in [2.75, 3.05) is 0 Å². The molecule has 0 fully saturated rings. The molecule has 1 aliphatic rings. The lowest BCUT2D eigenvalue weighted by molar-refractivity contribution is 0.0715. The number of terminal acetylenes is 1. The smallest absolute Gasteiger partial charge is 0.349 e. The van der Waals surface area contributed by atoms with Crippen LogP contribution >= 0.6 is 0 Å². The van der Waals surface area contributed by atoms with Gasteiger partial charge in [-0.1, -0.05) is 5.92 Å². The molecule has 23 heavy (non-hydrogen) atoms. The summed E-state index contributed by atoms with van der Waals surface area (Å²) >= 11 is 0. The molecule has 0 aliphatic carbocycles. The van der Waals surface area contributed by atoms with Crippen LogP contribution in [-0.2, 0) is 17.9 Å². The van der Waals surface area contributed by atoms with Crippen LogP contribution < -0.4 is 5.56 Å². The number of aryl methyl sites for hydroxylation is 1. The van der Waals surface area contributed by atoms with Crippen LogP contribution in [0, 0.1) is 19.3 Å². The molecular weight excluding hydrogens is 296 g/mol. The van der Waals surface area contributed by atoms with Crippen LogP contribution in [0.3, 0.4) is 0 Å². The highest BCUT2D eigenvalue weighted by Gasteiger charge is 2.30. The summed E-state index contributed by atoms with van der Waals surface area (Å²) in [4.78, 5) is 26.4. The highest BCUT2D eigenvalue weighted by molar-refractivity contribution is 6.05.